The third kappa shape index (κ3) is 4.21. The Balaban J connectivity index is 1.60. The second-order valence-electron chi connectivity index (χ2n) is 7.81. The van der Waals surface area contributed by atoms with Gasteiger partial charge >= 0.3 is 6.03 Å². The number of likely N-dealkylation sites (tertiary alicyclic amines) is 1. The quantitative estimate of drug-likeness (QED) is 0.673. The monoisotopic (exact) mass is 385 g/mol. The molecule has 0 spiro atoms. The van der Waals surface area contributed by atoms with Crippen LogP contribution in [0.15, 0.2) is 30.3 Å². The summed E-state index contributed by atoms with van der Waals surface area (Å²) in [6.45, 7) is 5.70. The average Bonchev–Trinajstić information content (AvgIpc) is 3.02. The smallest absolute Gasteiger partial charge is 0.332 e. The number of nitrogens with zero attached hydrogens (tertiary/aromatic N) is 3. The zero-order valence-corrected chi connectivity index (χ0v) is 17.0. The molecular weight excluding hydrogens is 354 g/mol. The number of urea groups is 1. The second kappa shape index (κ2) is 9.22. The number of amides is 4. The van der Waals surface area contributed by atoms with Crippen molar-refractivity contribution in [2.75, 3.05) is 24.5 Å². The third-order valence-electron chi connectivity index (χ3n) is 5.85. The molecule has 2 fully saturated rings. The number of anilines is 1. The summed E-state index contributed by atoms with van der Waals surface area (Å²) >= 11 is 0. The highest BCUT2D eigenvalue weighted by Crippen LogP contribution is 2.27. The van der Waals surface area contributed by atoms with Gasteiger partial charge in [-0.3, -0.25) is 9.59 Å². The Morgan fingerprint density at radius 1 is 1.04 bits per heavy atom. The molecule has 0 bridgehead atoms. The van der Waals surface area contributed by atoms with Crippen molar-refractivity contribution in [3.63, 3.8) is 0 Å². The standard InChI is InChI=1S/C22H31N3O3/c1-3-8-17(9-4-2)21(27)23-14-12-18(13-15-23)24-16-20(26)25(22(24)28)19-10-6-5-7-11-19/h5-7,10-11,17-18H,3-4,8-9,12-16H2,1-2H3. The fourth-order valence-electron chi connectivity index (χ4n) is 4.38. The number of carbonyl (C=O) groups excluding carboxylic acids is 3. The molecule has 0 aliphatic carbocycles. The number of hydrogen-bond donors (Lipinski definition) is 0. The maximum Gasteiger partial charge on any atom is 0.332 e. The molecule has 6 heteroatoms. The third-order valence-corrected chi connectivity index (χ3v) is 5.85. The molecule has 1 aromatic carbocycles. The van der Waals surface area contributed by atoms with Crippen molar-refractivity contribution in [2.24, 2.45) is 5.92 Å². The van der Waals surface area contributed by atoms with Crippen LogP contribution in [0.2, 0.25) is 0 Å². The van der Waals surface area contributed by atoms with E-state index in [0.29, 0.717) is 18.8 Å². The molecular formula is C22H31N3O3. The van der Waals surface area contributed by atoms with Gasteiger partial charge in [0, 0.05) is 25.0 Å². The Labute approximate surface area is 167 Å². The summed E-state index contributed by atoms with van der Waals surface area (Å²) in [4.78, 5) is 43.1. The highest BCUT2D eigenvalue weighted by atomic mass is 16.2. The number of benzene rings is 1. The van der Waals surface area contributed by atoms with Crippen molar-refractivity contribution in [1.82, 2.24) is 9.80 Å². The molecule has 0 N–H and O–H groups in total. The Morgan fingerprint density at radius 3 is 2.21 bits per heavy atom. The first-order valence-corrected chi connectivity index (χ1v) is 10.5. The number of para-hydroxylation sites is 1. The molecule has 1 aromatic rings. The highest BCUT2D eigenvalue weighted by molar-refractivity contribution is 6.19. The highest BCUT2D eigenvalue weighted by Gasteiger charge is 2.42. The summed E-state index contributed by atoms with van der Waals surface area (Å²) in [5.74, 6) is 0.202. The van der Waals surface area contributed by atoms with E-state index in [-0.39, 0.29) is 36.3 Å². The lowest BCUT2D eigenvalue weighted by atomic mass is 9.94. The molecule has 0 unspecified atom stereocenters. The maximum atomic E-state index is 12.9. The predicted octanol–water partition coefficient (Wildman–Crippen LogP) is 3.66. The molecule has 4 amide bonds. The van der Waals surface area contributed by atoms with E-state index in [9.17, 15) is 14.4 Å². The van der Waals surface area contributed by atoms with Crippen LogP contribution < -0.4 is 4.90 Å². The van der Waals surface area contributed by atoms with Gasteiger partial charge in [0.25, 0.3) is 5.91 Å². The van der Waals surface area contributed by atoms with E-state index < -0.39 is 0 Å². The zero-order valence-electron chi connectivity index (χ0n) is 17.0. The van der Waals surface area contributed by atoms with Crippen molar-refractivity contribution in [3.8, 4) is 0 Å². The molecule has 0 saturated carbocycles. The second-order valence-corrected chi connectivity index (χ2v) is 7.81. The van der Waals surface area contributed by atoms with Crippen LogP contribution in [0.3, 0.4) is 0 Å². The van der Waals surface area contributed by atoms with Crippen LogP contribution in [-0.2, 0) is 9.59 Å². The molecule has 152 valence electrons. The summed E-state index contributed by atoms with van der Waals surface area (Å²) in [6, 6.07) is 8.85. The van der Waals surface area contributed by atoms with Gasteiger partial charge in [-0.2, -0.15) is 0 Å². The molecule has 0 radical (unpaired) electrons. The maximum absolute atomic E-state index is 12.9. The summed E-state index contributed by atoms with van der Waals surface area (Å²) in [5.41, 5.74) is 0.620. The average molecular weight is 386 g/mol. The van der Waals surface area contributed by atoms with E-state index in [0.717, 1.165) is 38.5 Å². The first kappa shape index (κ1) is 20.4. The van der Waals surface area contributed by atoms with Gasteiger partial charge in [0.1, 0.15) is 6.54 Å². The van der Waals surface area contributed by atoms with Crippen LogP contribution in [0.25, 0.3) is 0 Å². The molecule has 2 aliphatic heterocycles. The minimum Gasteiger partial charge on any atom is -0.342 e. The lowest BCUT2D eigenvalue weighted by Gasteiger charge is -2.37. The van der Waals surface area contributed by atoms with Crippen LogP contribution in [0.1, 0.15) is 52.4 Å². The van der Waals surface area contributed by atoms with Crippen molar-refractivity contribution in [1.29, 1.82) is 0 Å². The van der Waals surface area contributed by atoms with E-state index >= 15 is 0 Å². The van der Waals surface area contributed by atoms with Gasteiger partial charge in [0.2, 0.25) is 5.91 Å². The Morgan fingerprint density at radius 2 is 1.64 bits per heavy atom. The van der Waals surface area contributed by atoms with Gasteiger partial charge in [-0.25, -0.2) is 9.69 Å². The van der Waals surface area contributed by atoms with E-state index in [1.807, 2.05) is 23.1 Å². The largest absolute Gasteiger partial charge is 0.342 e. The topological polar surface area (TPSA) is 60.9 Å². The Kier molecular flexibility index (Phi) is 6.70. The molecule has 6 nitrogen and oxygen atoms in total. The molecule has 0 aromatic heterocycles. The van der Waals surface area contributed by atoms with E-state index in [1.165, 1.54) is 4.90 Å². The molecule has 2 aliphatic rings. The van der Waals surface area contributed by atoms with Gasteiger partial charge in [-0.1, -0.05) is 44.9 Å². The van der Waals surface area contributed by atoms with Crippen LogP contribution >= 0.6 is 0 Å². The van der Waals surface area contributed by atoms with Gasteiger partial charge in [-0.05, 0) is 37.8 Å². The zero-order chi connectivity index (χ0) is 20.1. The minimum atomic E-state index is -0.240. The SMILES string of the molecule is CCCC(CCC)C(=O)N1CCC(N2CC(=O)N(c3ccccc3)C2=O)CC1. The summed E-state index contributed by atoms with van der Waals surface area (Å²) in [7, 11) is 0. The van der Waals surface area contributed by atoms with E-state index in [1.54, 1.807) is 17.0 Å². The van der Waals surface area contributed by atoms with Crippen LogP contribution in [0.5, 0.6) is 0 Å². The fourth-order valence-corrected chi connectivity index (χ4v) is 4.38. The molecule has 2 saturated heterocycles. The first-order valence-electron chi connectivity index (χ1n) is 10.5. The lowest BCUT2D eigenvalue weighted by Crippen LogP contribution is -2.49. The van der Waals surface area contributed by atoms with E-state index in [2.05, 4.69) is 13.8 Å². The van der Waals surface area contributed by atoms with Gasteiger partial charge in [0.05, 0.1) is 5.69 Å². The lowest BCUT2D eigenvalue weighted by molar-refractivity contribution is -0.137. The summed E-state index contributed by atoms with van der Waals surface area (Å²) in [6.07, 6.45) is 5.39. The molecule has 28 heavy (non-hydrogen) atoms. The van der Waals surface area contributed by atoms with Crippen LogP contribution in [0.4, 0.5) is 10.5 Å². The van der Waals surface area contributed by atoms with Gasteiger partial charge < -0.3 is 9.80 Å². The van der Waals surface area contributed by atoms with Crippen LogP contribution in [-0.4, -0.2) is 53.3 Å². The molecule has 2 heterocycles. The molecule has 0 atom stereocenters. The number of carbonyl (C=O) groups is 3. The Hall–Kier alpha value is -2.37. The predicted molar refractivity (Wildman–Crippen MR) is 109 cm³/mol. The van der Waals surface area contributed by atoms with E-state index in [4.69, 9.17) is 0 Å². The van der Waals surface area contributed by atoms with Crippen molar-refractivity contribution < 1.29 is 14.4 Å². The Bertz CT molecular complexity index is 692. The van der Waals surface area contributed by atoms with Crippen molar-refractivity contribution >= 4 is 23.5 Å². The molecule has 3 rings (SSSR count). The van der Waals surface area contributed by atoms with Crippen molar-refractivity contribution in [2.45, 2.75) is 58.4 Å². The minimum absolute atomic E-state index is 0.0185. The number of imide groups is 1. The normalized spacial score (nSPS) is 18.5. The first-order chi connectivity index (χ1) is 13.6. The van der Waals surface area contributed by atoms with Gasteiger partial charge in [-0.15, -0.1) is 0 Å². The fraction of sp³-hybridized carbons (Fsp3) is 0.591. The number of hydrogen-bond acceptors (Lipinski definition) is 3. The number of piperidine rings is 1. The summed E-state index contributed by atoms with van der Waals surface area (Å²) < 4.78 is 0. The van der Waals surface area contributed by atoms with Gasteiger partial charge in [0.15, 0.2) is 0 Å². The number of rotatable bonds is 7. The summed E-state index contributed by atoms with van der Waals surface area (Å²) in [5, 5.41) is 0. The van der Waals surface area contributed by atoms with Crippen LogP contribution in [0, 0.1) is 5.92 Å². The van der Waals surface area contributed by atoms with Crippen molar-refractivity contribution in [3.05, 3.63) is 30.3 Å².